The van der Waals surface area contributed by atoms with Crippen LogP contribution in [0.5, 0.6) is 0 Å². The number of aliphatic hydroxyl groups excluding tert-OH is 2. The van der Waals surface area contributed by atoms with Gasteiger partial charge in [0.25, 0.3) is 5.56 Å². The Kier molecular flexibility index (Phi) is 7.60. The molecule has 0 spiro atoms. The number of H-pyrrole nitrogens is 1. The Hall–Kier alpha value is -3.36. The minimum Gasteiger partial charge on any atom is -0.388 e. The molecule has 21 nitrogen and oxygen atoms in total. The third-order valence-electron chi connectivity index (χ3n) is 9.61. The minimum atomic E-state index is -4.96. The fraction of sp³-hybridized carbons (Fsp3) is 0.583. The molecule has 0 bridgehead atoms. The number of aromatic amines is 1. The number of hydrogen-bond acceptors (Lipinski definition) is 16. The van der Waals surface area contributed by atoms with Gasteiger partial charge < -0.3 is 40.6 Å². The molecule has 5 heterocycles. The van der Waals surface area contributed by atoms with E-state index < -0.39 is 88.2 Å². The monoisotopic (exact) mass is 698 g/mol. The van der Waals surface area contributed by atoms with E-state index >= 15 is 0 Å². The van der Waals surface area contributed by atoms with Crippen LogP contribution in [0.4, 0.5) is 11.8 Å². The SMILES string of the molecule is C[C@@H]1[C@@H](n2cnc3c(=O)[nH]c(N)nc32)[C@H](O)[C@@H]2OP(=O)(O)OC[C@H]3C[C@@H](n4cnc5c(N)ncnc54)[C@H](O)[C@@H]3OP(=O)(O)OC[C@@]12C. The van der Waals surface area contributed by atoms with Crippen LogP contribution in [0.1, 0.15) is 32.4 Å². The molecule has 0 radical (unpaired) electrons. The van der Waals surface area contributed by atoms with Gasteiger partial charge in [-0.3, -0.25) is 27.9 Å². The molecule has 7 rings (SSSR count). The van der Waals surface area contributed by atoms with Gasteiger partial charge in [0.15, 0.2) is 22.6 Å². The summed E-state index contributed by atoms with van der Waals surface area (Å²) in [5.74, 6) is -1.78. The molecule has 3 aliphatic rings. The lowest BCUT2D eigenvalue weighted by molar-refractivity contribution is -0.0654. The lowest BCUT2D eigenvalue weighted by atomic mass is 9.79. The summed E-state index contributed by atoms with van der Waals surface area (Å²) in [4.78, 5) is 57.1. The van der Waals surface area contributed by atoms with Crippen LogP contribution in [0.2, 0.25) is 0 Å². The van der Waals surface area contributed by atoms with Crippen LogP contribution >= 0.6 is 15.6 Å². The number of nitrogens with two attached hydrogens (primary N) is 2. The summed E-state index contributed by atoms with van der Waals surface area (Å²) in [5.41, 5.74) is 10.1. The number of imidazole rings is 2. The number of anilines is 2. The lowest BCUT2D eigenvalue weighted by Gasteiger charge is -2.37. The molecule has 1 saturated heterocycles. The molecule has 4 aromatic rings. The van der Waals surface area contributed by atoms with Crippen molar-refractivity contribution in [2.75, 3.05) is 24.7 Å². The van der Waals surface area contributed by atoms with Crippen molar-refractivity contribution in [1.82, 2.24) is 39.0 Å². The number of nitrogen functional groups attached to an aromatic ring is 2. The predicted molar refractivity (Wildman–Crippen MR) is 159 cm³/mol. The fourth-order valence-corrected chi connectivity index (χ4v) is 9.23. The zero-order valence-corrected chi connectivity index (χ0v) is 26.6. The van der Waals surface area contributed by atoms with E-state index in [1.165, 1.54) is 35.0 Å². The first-order valence-corrected chi connectivity index (χ1v) is 17.4. The fourth-order valence-electron chi connectivity index (χ4n) is 7.03. The van der Waals surface area contributed by atoms with Crippen molar-refractivity contribution >= 4 is 49.7 Å². The number of aromatic nitrogens is 8. The van der Waals surface area contributed by atoms with Gasteiger partial charge >= 0.3 is 15.6 Å². The Labute approximate surface area is 264 Å². The Morgan fingerprint density at radius 3 is 2.45 bits per heavy atom. The molecule has 9 N–H and O–H groups in total. The van der Waals surface area contributed by atoms with E-state index in [1.54, 1.807) is 6.92 Å². The number of nitrogens with one attached hydrogen (secondary N) is 1. The molecule has 2 unspecified atom stereocenters. The number of nitrogens with zero attached hydrogens (tertiary/aromatic N) is 7. The summed E-state index contributed by atoms with van der Waals surface area (Å²) in [7, 11) is -9.92. The standard InChI is InChI=1S/C24H32N10O11P2/c1-9-14(34-8-30-13-21(34)31-23(26)32-22(13)37)16(36)18-24(9,2)5-43-47(40,41)44-17-10(4-42-46(38,39)45-18)3-11(15(17)35)33-7-29-12-19(25)27-6-28-20(12)33/h6-11,14-18,35-36H,3-5H2,1-2H3,(H,38,39)(H,40,41)(H2,25,27,28)(H3,26,31,32,37)/t9-,10-,11-,14-,15+,16+,17-,18+,24+/m1/s1. The van der Waals surface area contributed by atoms with E-state index in [9.17, 15) is 33.9 Å². The molecule has 1 aliphatic heterocycles. The highest BCUT2D eigenvalue weighted by Gasteiger charge is 2.61. The van der Waals surface area contributed by atoms with Gasteiger partial charge in [-0.1, -0.05) is 13.8 Å². The van der Waals surface area contributed by atoms with Gasteiger partial charge in [0.1, 0.15) is 36.3 Å². The summed E-state index contributed by atoms with van der Waals surface area (Å²) in [6.07, 6.45) is -2.09. The zero-order chi connectivity index (χ0) is 33.6. The first-order valence-electron chi connectivity index (χ1n) is 14.4. The van der Waals surface area contributed by atoms with Crippen LogP contribution in [0.3, 0.4) is 0 Å². The molecule has 0 amide bonds. The van der Waals surface area contributed by atoms with Gasteiger partial charge in [-0.15, -0.1) is 0 Å². The Morgan fingerprint density at radius 2 is 1.68 bits per heavy atom. The summed E-state index contributed by atoms with van der Waals surface area (Å²) in [5, 5.41) is 23.0. The molecular formula is C24H32N10O11P2. The zero-order valence-electron chi connectivity index (χ0n) is 24.8. The molecule has 2 aliphatic carbocycles. The molecule has 0 aromatic carbocycles. The highest BCUT2D eigenvalue weighted by Crippen LogP contribution is 2.60. The third-order valence-corrected chi connectivity index (χ3v) is 11.5. The highest BCUT2D eigenvalue weighted by molar-refractivity contribution is 7.47. The first kappa shape index (κ1) is 32.2. The smallest absolute Gasteiger partial charge is 0.388 e. The largest absolute Gasteiger partial charge is 0.472 e. The van der Waals surface area contributed by atoms with Crippen molar-refractivity contribution in [1.29, 1.82) is 0 Å². The summed E-state index contributed by atoms with van der Waals surface area (Å²) in [6, 6.07) is -1.84. The normalized spacial score (nSPS) is 39.8. The van der Waals surface area contributed by atoms with Crippen LogP contribution in [0.25, 0.3) is 22.3 Å². The van der Waals surface area contributed by atoms with Crippen LogP contribution < -0.4 is 17.0 Å². The predicted octanol–water partition coefficient (Wildman–Crippen LogP) is -0.378. The van der Waals surface area contributed by atoms with E-state index in [0.717, 1.165) is 0 Å². The molecule has 4 aromatic heterocycles. The van der Waals surface area contributed by atoms with Gasteiger partial charge in [0.05, 0.1) is 38.0 Å². The average Bonchev–Trinajstić information content (AvgIpc) is 3.73. The Balaban J connectivity index is 1.22. The lowest BCUT2D eigenvalue weighted by Crippen LogP contribution is -2.42. The maximum atomic E-state index is 13.4. The minimum absolute atomic E-state index is 0.0209. The van der Waals surface area contributed by atoms with Crippen LogP contribution in [0, 0.1) is 17.3 Å². The number of rotatable bonds is 2. The molecule has 3 fully saturated rings. The van der Waals surface area contributed by atoms with E-state index in [1.807, 2.05) is 0 Å². The quantitative estimate of drug-likeness (QED) is 0.131. The van der Waals surface area contributed by atoms with Crippen molar-refractivity contribution in [3.63, 3.8) is 0 Å². The molecular weight excluding hydrogens is 666 g/mol. The van der Waals surface area contributed by atoms with Crippen molar-refractivity contribution in [3.05, 3.63) is 29.3 Å². The van der Waals surface area contributed by atoms with Crippen molar-refractivity contribution in [2.45, 2.75) is 56.8 Å². The van der Waals surface area contributed by atoms with Crippen molar-refractivity contribution in [2.24, 2.45) is 17.3 Å². The van der Waals surface area contributed by atoms with Crippen LogP contribution in [-0.2, 0) is 27.2 Å². The van der Waals surface area contributed by atoms with E-state index in [4.69, 9.17) is 29.6 Å². The molecule has 23 heteroatoms. The van der Waals surface area contributed by atoms with E-state index in [0.29, 0.717) is 0 Å². The van der Waals surface area contributed by atoms with Gasteiger partial charge in [-0.2, -0.15) is 4.98 Å². The van der Waals surface area contributed by atoms with Gasteiger partial charge in [-0.25, -0.2) is 29.1 Å². The number of phosphoric acid groups is 2. The maximum absolute atomic E-state index is 13.4. The van der Waals surface area contributed by atoms with Crippen LogP contribution in [0.15, 0.2) is 23.8 Å². The third kappa shape index (κ3) is 5.27. The molecule has 2 saturated carbocycles. The van der Waals surface area contributed by atoms with E-state index in [2.05, 4.69) is 29.9 Å². The first-order chi connectivity index (χ1) is 22.1. The number of fused-ring (bicyclic) bond motifs is 4. The van der Waals surface area contributed by atoms with E-state index in [-0.39, 0.29) is 40.5 Å². The Bertz CT molecular complexity index is 2020. The Morgan fingerprint density at radius 1 is 0.979 bits per heavy atom. The van der Waals surface area contributed by atoms with Gasteiger partial charge in [0.2, 0.25) is 5.95 Å². The van der Waals surface area contributed by atoms with Gasteiger partial charge in [0, 0.05) is 11.3 Å². The molecule has 47 heavy (non-hydrogen) atoms. The summed E-state index contributed by atoms with van der Waals surface area (Å²) < 4.78 is 51.7. The number of hydrogen-bond donors (Lipinski definition) is 7. The summed E-state index contributed by atoms with van der Waals surface area (Å²) >= 11 is 0. The second-order valence-corrected chi connectivity index (χ2v) is 15.1. The maximum Gasteiger partial charge on any atom is 0.472 e. The molecule has 254 valence electrons. The topological polar surface area (TPSA) is 311 Å². The second-order valence-electron chi connectivity index (χ2n) is 12.3. The number of phosphoric ester groups is 2. The average molecular weight is 699 g/mol. The van der Waals surface area contributed by atoms with Crippen molar-refractivity contribution in [3.8, 4) is 0 Å². The molecule has 11 atom stereocenters. The summed E-state index contributed by atoms with van der Waals surface area (Å²) in [6.45, 7) is 1.98. The highest BCUT2D eigenvalue weighted by atomic mass is 31.2. The number of aliphatic hydroxyl groups is 2. The second kappa shape index (κ2) is 11.1. The van der Waals surface area contributed by atoms with Gasteiger partial charge in [-0.05, 0) is 12.3 Å². The van der Waals surface area contributed by atoms with Crippen LogP contribution in [-0.4, -0.2) is 96.7 Å². The van der Waals surface area contributed by atoms with Crippen molar-refractivity contribution < 1.29 is 47.2 Å².